The average Bonchev–Trinajstić information content (AvgIpc) is 2.49. The standard InChI is InChI=1S/C15H18N4O/c1-3-16-15(20)13-9-10-14(19-18-13)17-11(2)12-7-5-4-6-8-12/h4-11H,3H2,1-2H3,(H,16,20)(H,17,19). The number of amides is 1. The molecule has 0 radical (unpaired) electrons. The molecule has 0 aliphatic heterocycles. The highest BCUT2D eigenvalue weighted by Gasteiger charge is 2.08. The fourth-order valence-electron chi connectivity index (χ4n) is 1.83. The van der Waals surface area contributed by atoms with Crippen molar-refractivity contribution in [1.82, 2.24) is 15.5 Å². The topological polar surface area (TPSA) is 66.9 Å². The van der Waals surface area contributed by atoms with Crippen LogP contribution in [0.2, 0.25) is 0 Å². The molecule has 0 saturated carbocycles. The minimum absolute atomic E-state index is 0.126. The van der Waals surface area contributed by atoms with Crippen LogP contribution in [0.15, 0.2) is 42.5 Å². The van der Waals surface area contributed by atoms with Crippen LogP contribution in [-0.4, -0.2) is 22.6 Å². The van der Waals surface area contributed by atoms with E-state index in [2.05, 4.69) is 27.8 Å². The number of rotatable bonds is 5. The number of anilines is 1. The zero-order chi connectivity index (χ0) is 14.4. The molecular weight excluding hydrogens is 252 g/mol. The number of carbonyl (C=O) groups excluding carboxylic acids is 1. The third-order valence-corrected chi connectivity index (χ3v) is 2.90. The molecule has 2 N–H and O–H groups in total. The van der Waals surface area contributed by atoms with E-state index < -0.39 is 0 Å². The highest BCUT2D eigenvalue weighted by molar-refractivity contribution is 5.92. The summed E-state index contributed by atoms with van der Waals surface area (Å²) in [5.74, 6) is 0.442. The Morgan fingerprint density at radius 1 is 1.15 bits per heavy atom. The fourth-order valence-corrected chi connectivity index (χ4v) is 1.83. The second-order valence-electron chi connectivity index (χ2n) is 4.44. The molecule has 2 aromatic rings. The lowest BCUT2D eigenvalue weighted by Gasteiger charge is -2.14. The predicted molar refractivity (Wildman–Crippen MR) is 78.5 cm³/mol. The molecule has 0 fully saturated rings. The molecule has 1 aromatic heterocycles. The molecule has 0 aliphatic rings. The summed E-state index contributed by atoms with van der Waals surface area (Å²) in [4.78, 5) is 11.6. The van der Waals surface area contributed by atoms with Crippen molar-refractivity contribution in [2.75, 3.05) is 11.9 Å². The summed E-state index contributed by atoms with van der Waals surface area (Å²) >= 11 is 0. The van der Waals surface area contributed by atoms with Gasteiger partial charge in [0, 0.05) is 12.6 Å². The smallest absolute Gasteiger partial charge is 0.271 e. The Bertz CT molecular complexity index is 554. The van der Waals surface area contributed by atoms with Crippen molar-refractivity contribution >= 4 is 11.7 Å². The van der Waals surface area contributed by atoms with E-state index in [1.54, 1.807) is 12.1 Å². The van der Waals surface area contributed by atoms with Gasteiger partial charge in [0.1, 0.15) is 5.82 Å². The average molecular weight is 270 g/mol. The highest BCUT2D eigenvalue weighted by atomic mass is 16.1. The molecule has 1 aromatic carbocycles. The third-order valence-electron chi connectivity index (χ3n) is 2.90. The molecule has 0 aliphatic carbocycles. The molecule has 0 spiro atoms. The summed E-state index contributed by atoms with van der Waals surface area (Å²) in [6, 6.07) is 13.6. The van der Waals surface area contributed by atoms with Crippen molar-refractivity contribution in [2.45, 2.75) is 19.9 Å². The van der Waals surface area contributed by atoms with Gasteiger partial charge in [0.25, 0.3) is 5.91 Å². The van der Waals surface area contributed by atoms with Crippen molar-refractivity contribution in [3.63, 3.8) is 0 Å². The monoisotopic (exact) mass is 270 g/mol. The maximum atomic E-state index is 11.6. The molecule has 0 saturated heterocycles. The van der Waals surface area contributed by atoms with Gasteiger partial charge in [-0.2, -0.15) is 0 Å². The van der Waals surface area contributed by atoms with Gasteiger partial charge in [0.2, 0.25) is 0 Å². The number of hydrogen-bond acceptors (Lipinski definition) is 4. The Balaban J connectivity index is 2.02. The quantitative estimate of drug-likeness (QED) is 0.875. The van der Waals surface area contributed by atoms with Crippen molar-refractivity contribution in [3.05, 3.63) is 53.7 Å². The minimum Gasteiger partial charge on any atom is -0.362 e. The SMILES string of the molecule is CCNC(=O)c1ccc(NC(C)c2ccccc2)nn1. The summed E-state index contributed by atoms with van der Waals surface area (Å²) in [6.45, 7) is 4.49. The minimum atomic E-state index is -0.206. The van der Waals surface area contributed by atoms with Crippen LogP contribution in [0.1, 0.15) is 35.9 Å². The zero-order valence-corrected chi connectivity index (χ0v) is 11.6. The predicted octanol–water partition coefficient (Wildman–Crippen LogP) is 2.40. The summed E-state index contributed by atoms with van der Waals surface area (Å²) in [6.07, 6.45) is 0. The Morgan fingerprint density at radius 2 is 1.90 bits per heavy atom. The Labute approximate surface area is 118 Å². The van der Waals surface area contributed by atoms with Gasteiger partial charge < -0.3 is 10.6 Å². The largest absolute Gasteiger partial charge is 0.362 e. The van der Waals surface area contributed by atoms with Crippen molar-refractivity contribution < 1.29 is 4.79 Å². The van der Waals surface area contributed by atoms with Crippen molar-refractivity contribution in [2.24, 2.45) is 0 Å². The van der Waals surface area contributed by atoms with Gasteiger partial charge in [-0.1, -0.05) is 30.3 Å². The second-order valence-corrected chi connectivity index (χ2v) is 4.44. The van der Waals surface area contributed by atoms with E-state index in [9.17, 15) is 4.79 Å². The first kappa shape index (κ1) is 14.0. The normalized spacial score (nSPS) is 11.7. The van der Waals surface area contributed by atoms with Gasteiger partial charge in [-0.25, -0.2) is 0 Å². The van der Waals surface area contributed by atoms with Crippen LogP contribution in [0.25, 0.3) is 0 Å². The first-order valence-electron chi connectivity index (χ1n) is 6.64. The number of hydrogen-bond donors (Lipinski definition) is 2. The molecule has 104 valence electrons. The summed E-state index contributed by atoms with van der Waals surface area (Å²) in [7, 11) is 0. The van der Waals surface area contributed by atoms with E-state index in [0.717, 1.165) is 0 Å². The van der Waals surface area contributed by atoms with Gasteiger partial charge in [-0.15, -0.1) is 10.2 Å². The molecule has 1 unspecified atom stereocenters. The van der Waals surface area contributed by atoms with Crippen LogP contribution in [0.3, 0.4) is 0 Å². The van der Waals surface area contributed by atoms with E-state index >= 15 is 0 Å². The van der Waals surface area contributed by atoms with Gasteiger partial charge in [0.05, 0.1) is 0 Å². The maximum absolute atomic E-state index is 11.6. The third kappa shape index (κ3) is 3.54. The molecule has 1 heterocycles. The first-order valence-corrected chi connectivity index (χ1v) is 6.64. The molecule has 2 rings (SSSR count). The summed E-state index contributed by atoms with van der Waals surface area (Å²) in [5.41, 5.74) is 1.49. The Morgan fingerprint density at radius 3 is 2.50 bits per heavy atom. The second kappa shape index (κ2) is 6.65. The Kier molecular flexibility index (Phi) is 4.65. The maximum Gasteiger partial charge on any atom is 0.271 e. The van der Waals surface area contributed by atoms with Crippen LogP contribution in [-0.2, 0) is 0 Å². The molecule has 0 bridgehead atoms. The highest BCUT2D eigenvalue weighted by Crippen LogP contribution is 2.16. The fraction of sp³-hybridized carbons (Fsp3) is 0.267. The van der Waals surface area contributed by atoms with Crippen LogP contribution >= 0.6 is 0 Å². The van der Waals surface area contributed by atoms with Crippen LogP contribution in [0, 0.1) is 0 Å². The number of nitrogens with one attached hydrogen (secondary N) is 2. The van der Waals surface area contributed by atoms with Gasteiger partial charge in [-0.05, 0) is 31.5 Å². The van der Waals surface area contributed by atoms with Crippen molar-refractivity contribution in [3.8, 4) is 0 Å². The lowest BCUT2D eigenvalue weighted by Crippen LogP contribution is -2.24. The van der Waals surface area contributed by atoms with E-state index in [0.29, 0.717) is 18.1 Å². The van der Waals surface area contributed by atoms with Gasteiger partial charge >= 0.3 is 0 Å². The zero-order valence-electron chi connectivity index (χ0n) is 11.6. The Hall–Kier alpha value is -2.43. The summed E-state index contributed by atoms with van der Waals surface area (Å²) in [5, 5.41) is 13.9. The molecule has 5 nitrogen and oxygen atoms in total. The number of nitrogens with zero attached hydrogens (tertiary/aromatic N) is 2. The van der Waals surface area contributed by atoms with Crippen LogP contribution in [0.4, 0.5) is 5.82 Å². The van der Waals surface area contributed by atoms with E-state index in [1.165, 1.54) is 5.56 Å². The molecule has 1 amide bonds. The molecular formula is C15H18N4O. The first-order chi connectivity index (χ1) is 9.70. The van der Waals surface area contributed by atoms with Gasteiger partial charge in [-0.3, -0.25) is 4.79 Å². The van der Waals surface area contributed by atoms with Gasteiger partial charge in [0.15, 0.2) is 5.69 Å². The lowest BCUT2D eigenvalue weighted by molar-refractivity contribution is 0.0950. The lowest BCUT2D eigenvalue weighted by atomic mass is 10.1. The number of aromatic nitrogens is 2. The van der Waals surface area contributed by atoms with E-state index in [4.69, 9.17) is 0 Å². The molecule has 5 heteroatoms. The van der Waals surface area contributed by atoms with Crippen molar-refractivity contribution in [1.29, 1.82) is 0 Å². The molecule has 20 heavy (non-hydrogen) atoms. The summed E-state index contributed by atoms with van der Waals surface area (Å²) < 4.78 is 0. The number of carbonyl (C=O) groups is 1. The van der Waals surface area contributed by atoms with E-state index in [1.807, 2.05) is 37.3 Å². The van der Waals surface area contributed by atoms with Crippen LogP contribution in [0.5, 0.6) is 0 Å². The van der Waals surface area contributed by atoms with Crippen LogP contribution < -0.4 is 10.6 Å². The molecule has 1 atom stereocenters. The van der Waals surface area contributed by atoms with E-state index in [-0.39, 0.29) is 11.9 Å². The number of benzene rings is 1.